The molecule has 9 heavy (non-hydrogen) atoms. The standard InChI is InChI=1S/C8H13As/c1-2-9-8-6-4-3-5-7-8/h1,8-9H,3-7H2. The van der Waals surface area contributed by atoms with Crippen LogP contribution < -0.4 is 0 Å². The molecule has 0 bridgehead atoms. The summed E-state index contributed by atoms with van der Waals surface area (Å²) in [7, 11) is 0. The van der Waals surface area contributed by atoms with Crippen LogP contribution in [0.1, 0.15) is 32.1 Å². The van der Waals surface area contributed by atoms with Crippen molar-refractivity contribution in [3.8, 4) is 11.1 Å². The van der Waals surface area contributed by atoms with Gasteiger partial charge >= 0.3 is 63.7 Å². The summed E-state index contributed by atoms with van der Waals surface area (Å²) >= 11 is 0.0147. The van der Waals surface area contributed by atoms with E-state index in [-0.39, 0.29) is 15.8 Å². The third kappa shape index (κ3) is 2.46. The molecule has 50 valence electrons. The van der Waals surface area contributed by atoms with E-state index in [2.05, 4.69) is 4.71 Å². The Kier molecular flexibility index (Phi) is 3.23. The number of terminal acetylenes is 1. The van der Waals surface area contributed by atoms with E-state index in [1.54, 1.807) is 0 Å². The van der Waals surface area contributed by atoms with Gasteiger partial charge in [-0.05, 0) is 0 Å². The molecule has 0 saturated heterocycles. The van der Waals surface area contributed by atoms with Crippen LogP contribution >= 0.6 is 0 Å². The van der Waals surface area contributed by atoms with Crippen LogP contribution in [0.3, 0.4) is 0 Å². The number of rotatable bonds is 1. The van der Waals surface area contributed by atoms with E-state index in [4.69, 9.17) is 6.42 Å². The summed E-state index contributed by atoms with van der Waals surface area (Å²) in [5.41, 5.74) is 0. The van der Waals surface area contributed by atoms with Gasteiger partial charge in [0.25, 0.3) is 0 Å². The van der Waals surface area contributed by atoms with E-state index in [1.165, 1.54) is 32.1 Å². The van der Waals surface area contributed by atoms with Crippen molar-refractivity contribution in [2.75, 3.05) is 0 Å². The Morgan fingerprint density at radius 2 is 1.89 bits per heavy atom. The Bertz CT molecular complexity index is 106. The summed E-state index contributed by atoms with van der Waals surface area (Å²) in [6.07, 6.45) is 12.5. The molecule has 1 heteroatoms. The Morgan fingerprint density at radius 3 is 2.44 bits per heavy atom. The third-order valence-electron chi connectivity index (χ3n) is 1.89. The van der Waals surface area contributed by atoms with Crippen molar-refractivity contribution in [3.63, 3.8) is 0 Å². The minimum absolute atomic E-state index is 0.0147. The maximum absolute atomic E-state index is 5.26. The fourth-order valence-electron chi connectivity index (χ4n) is 1.36. The molecular weight excluding hydrogens is 171 g/mol. The average Bonchev–Trinajstić information content (AvgIpc) is 1.91. The molecule has 0 spiro atoms. The summed E-state index contributed by atoms with van der Waals surface area (Å²) < 4.78 is 3.85. The molecule has 1 aliphatic carbocycles. The molecule has 0 aromatic rings. The van der Waals surface area contributed by atoms with Crippen LogP contribution in [0.25, 0.3) is 0 Å². The fourth-order valence-corrected chi connectivity index (χ4v) is 3.32. The molecule has 0 amide bonds. The first kappa shape index (κ1) is 7.23. The SMILES string of the molecule is C#C[AsH]C1CCCCC1. The van der Waals surface area contributed by atoms with Gasteiger partial charge in [0.05, 0.1) is 0 Å². The Labute approximate surface area is 64.1 Å². The van der Waals surface area contributed by atoms with Crippen LogP contribution in [0, 0.1) is 11.1 Å². The predicted molar refractivity (Wildman–Crippen MR) is 42.8 cm³/mol. The summed E-state index contributed by atoms with van der Waals surface area (Å²) in [5, 5.41) is 0. The summed E-state index contributed by atoms with van der Waals surface area (Å²) in [4.78, 5) is 0. The van der Waals surface area contributed by atoms with Gasteiger partial charge in [0, 0.05) is 0 Å². The monoisotopic (exact) mass is 184 g/mol. The van der Waals surface area contributed by atoms with Gasteiger partial charge in [-0.1, -0.05) is 0 Å². The van der Waals surface area contributed by atoms with E-state index in [1.807, 2.05) is 0 Å². The van der Waals surface area contributed by atoms with E-state index < -0.39 is 0 Å². The van der Waals surface area contributed by atoms with Crippen molar-refractivity contribution in [1.82, 2.24) is 0 Å². The first-order chi connectivity index (χ1) is 4.43. The van der Waals surface area contributed by atoms with Crippen molar-refractivity contribution in [2.45, 2.75) is 36.8 Å². The molecule has 0 heterocycles. The van der Waals surface area contributed by atoms with Crippen LogP contribution in [0.5, 0.6) is 0 Å². The van der Waals surface area contributed by atoms with Gasteiger partial charge in [0.2, 0.25) is 0 Å². The first-order valence-electron chi connectivity index (χ1n) is 3.64. The van der Waals surface area contributed by atoms with E-state index in [0.29, 0.717) is 0 Å². The Morgan fingerprint density at radius 1 is 1.22 bits per heavy atom. The zero-order valence-electron chi connectivity index (χ0n) is 5.69. The van der Waals surface area contributed by atoms with Crippen LogP contribution in [0.4, 0.5) is 0 Å². The van der Waals surface area contributed by atoms with Gasteiger partial charge in [-0.2, -0.15) is 0 Å². The Balaban J connectivity index is 2.17. The molecule has 0 aromatic heterocycles. The van der Waals surface area contributed by atoms with Gasteiger partial charge in [-0.25, -0.2) is 0 Å². The fraction of sp³-hybridized carbons (Fsp3) is 0.750. The number of hydrogen-bond acceptors (Lipinski definition) is 0. The number of hydrogen-bond donors (Lipinski definition) is 0. The first-order valence-corrected chi connectivity index (χ1v) is 5.90. The molecule has 1 aliphatic rings. The van der Waals surface area contributed by atoms with E-state index in [9.17, 15) is 0 Å². The molecule has 1 rings (SSSR count). The maximum atomic E-state index is 5.26. The van der Waals surface area contributed by atoms with Crippen LogP contribution in [-0.4, -0.2) is 15.8 Å². The van der Waals surface area contributed by atoms with E-state index in [0.717, 1.165) is 4.71 Å². The molecule has 1 saturated carbocycles. The van der Waals surface area contributed by atoms with Gasteiger partial charge in [-0.3, -0.25) is 0 Å². The van der Waals surface area contributed by atoms with Crippen molar-refractivity contribution in [2.24, 2.45) is 0 Å². The second-order valence-corrected chi connectivity index (χ2v) is 5.55. The summed E-state index contributed by atoms with van der Waals surface area (Å²) in [5.74, 6) is 0. The van der Waals surface area contributed by atoms with Gasteiger partial charge in [-0.15, -0.1) is 0 Å². The van der Waals surface area contributed by atoms with Gasteiger partial charge in [0.1, 0.15) is 0 Å². The summed E-state index contributed by atoms with van der Waals surface area (Å²) in [6, 6.07) is 0. The van der Waals surface area contributed by atoms with E-state index >= 15 is 0 Å². The molecule has 1 unspecified atom stereocenters. The molecule has 1 fully saturated rings. The molecule has 0 aromatic carbocycles. The van der Waals surface area contributed by atoms with Crippen LogP contribution in [-0.2, 0) is 0 Å². The molecule has 0 N–H and O–H groups in total. The zero-order valence-corrected chi connectivity index (χ0v) is 7.79. The van der Waals surface area contributed by atoms with Gasteiger partial charge < -0.3 is 0 Å². The molecule has 0 aliphatic heterocycles. The third-order valence-corrected chi connectivity index (χ3v) is 4.31. The quantitative estimate of drug-likeness (QED) is 0.430. The van der Waals surface area contributed by atoms with Crippen molar-refractivity contribution in [3.05, 3.63) is 0 Å². The molecule has 1 atom stereocenters. The molecule has 0 nitrogen and oxygen atoms in total. The Hall–Kier alpha value is 0.118. The molecule has 0 radical (unpaired) electrons. The average molecular weight is 184 g/mol. The summed E-state index contributed by atoms with van der Waals surface area (Å²) in [6.45, 7) is 0. The predicted octanol–water partition coefficient (Wildman–Crippen LogP) is 1.77. The van der Waals surface area contributed by atoms with Crippen LogP contribution in [0.15, 0.2) is 0 Å². The van der Waals surface area contributed by atoms with Crippen molar-refractivity contribution >= 4 is 15.8 Å². The molecular formula is C8H13As. The second kappa shape index (κ2) is 4.02. The zero-order chi connectivity index (χ0) is 6.53. The van der Waals surface area contributed by atoms with Crippen molar-refractivity contribution < 1.29 is 0 Å². The second-order valence-electron chi connectivity index (χ2n) is 2.62. The minimum atomic E-state index is 0.0147. The topological polar surface area (TPSA) is 0 Å². The van der Waals surface area contributed by atoms with Gasteiger partial charge in [0.15, 0.2) is 0 Å². The van der Waals surface area contributed by atoms with Crippen molar-refractivity contribution in [1.29, 1.82) is 0 Å². The normalized spacial score (nSPS) is 22.6. The van der Waals surface area contributed by atoms with Crippen LogP contribution in [0.2, 0.25) is 4.71 Å².